The van der Waals surface area contributed by atoms with E-state index in [0.29, 0.717) is 25.7 Å². The summed E-state index contributed by atoms with van der Waals surface area (Å²) >= 11 is 0. The standard InChI is InChI=1S/C15H31NO4Si/c1-15(2,3)21(6,7)20-13(9-8-12-17)10-11-14(18)16(4)19-5/h12-13H,8-11H2,1-7H3. The van der Waals surface area contributed by atoms with Gasteiger partial charge in [-0.2, -0.15) is 0 Å². The van der Waals surface area contributed by atoms with Crippen LogP contribution in [0.4, 0.5) is 0 Å². The predicted molar refractivity (Wildman–Crippen MR) is 86.4 cm³/mol. The van der Waals surface area contributed by atoms with E-state index in [9.17, 15) is 9.59 Å². The van der Waals surface area contributed by atoms with Crippen LogP contribution in [0.5, 0.6) is 0 Å². The maximum Gasteiger partial charge on any atom is 0.245 e. The summed E-state index contributed by atoms with van der Waals surface area (Å²) in [5, 5.41) is 1.34. The summed E-state index contributed by atoms with van der Waals surface area (Å²) in [7, 11) is 1.16. The lowest BCUT2D eigenvalue weighted by molar-refractivity contribution is -0.169. The predicted octanol–water partition coefficient (Wildman–Crippen LogP) is 3.16. The Hall–Kier alpha value is -0.723. The first-order valence-corrected chi connectivity index (χ1v) is 10.4. The molecule has 0 aliphatic heterocycles. The van der Waals surface area contributed by atoms with Gasteiger partial charge in [0.25, 0.3) is 0 Å². The Morgan fingerprint density at radius 1 is 1.29 bits per heavy atom. The van der Waals surface area contributed by atoms with Crippen LogP contribution in [0, 0.1) is 0 Å². The molecule has 0 heterocycles. The van der Waals surface area contributed by atoms with Crippen molar-refractivity contribution < 1.29 is 18.9 Å². The van der Waals surface area contributed by atoms with Crippen LogP contribution in [0.3, 0.4) is 0 Å². The Labute approximate surface area is 130 Å². The second-order valence-corrected chi connectivity index (χ2v) is 11.6. The molecule has 0 N–H and O–H groups in total. The Kier molecular flexibility index (Phi) is 8.36. The van der Waals surface area contributed by atoms with E-state index in [2.05, 4.69) is 33.9 Å². The number of rotatable bonds is 9. The van der Waals surface area contributed by atoms with Gasteiger partial charge in [0.2, 0.25) is 5.91 Å². The molecule has 0 rings (SSSR count). The molecule has 0 aromatic heterocycles. The van der Waals surface area contributed by atoms with Gasteiger partial charge in [0.1, 0.15) is 6.29 Å². The van der Waals surface area contributed by atoms with Gasteiger partial charge in [-0.1, -0.05) is 20.8 Å². The van der Waals surface area contributed by atoms with Crippen molar-refractivity contribution in [2.45, 2.75) is 70.7 Å². The van der Waals surface area contributed by atoms with Gasteiger partial charge in [-0.25, -0.2) is 5.06 Å². The van der Waals surface area contributed by atoms with E-state index < -0.39 is 8.32 Å². The number of amides is 1. The molecule has 0 aliphatic carbocycles. The third kappa shape index (κ3) is 7.20. The van der Waals surface area contributed by atoms with Crippen molar-refractivity contribution in [3.63, 3.8) is 0 Å². The highest BCUT2D eigenvalue weighted by Crippen LogP contribution is 2.38. The molecule has 0 bridgehead atoms. The number of hydrogen-bond donors (Lipinski definition) is 0. The number of nitrogens with zero attached hydrogens (tertiary/aromatic N) is 1. The molecule has 124 valence electrons. The smallest absolute Gasteiger partial charge is 0.245 e. The van der Waals surface area contributed by atoms with E-state index >= 15 is 0 Å². The van der Waals surface area contributed by atoms with Crippen LogP contribution in [0.1, 0.15) is 46.5 Å². The van der Waals surface area contributed by atoms with Crippen molar-refractivity contribution in [2.75, 3.05) is 14.2 Å². The lowest BCUT2D eigenvalue weighted by Crippen LogP contribution is -2.44. The van der Waals surface area contributed by atoms with Crippen LogP contribution in [-0.2, 0) is 18.9 Å². The van der Waals surface area contributed by atoms with Crippen molar-refractivity contribution in [3.05, 3.63) is 0 Å². The molecule has 1 unspecified atom stereocenters. The molecule has 0 aromatic carbocycles. The molecule has 0 saturated carbocycles. The van der Waals surface area contributed by atoms with Crippen LogP contribution < -0.4 is 0 Å². The van der Waals surface area contributed by atoms with Gasteiger partial charge in [-0.05, 0) is 31.0 Å². The summed E-state index contributed by atoms with van der Waals surface area (Å²) in [6.07, 6.45) is 2.97. The lowest BCUT2D eigenvalue weighted by Gasteiger charge is -2.39. The van der Waals surface area contributed by atoms with E-state index in [0.717, 1.165) is 6.29 Å². The number of aldehydes is 1. The number of hydrogen-bond acceptors (Lipinski definition) is 4. The topological polar surface area (TPSA) is 55.8 Å². The molecule has 5 nitrogen and oxygen atoms in total. The fraction of sp³-hybridized carbons (Fsp3) is 0.867. The highest BCUT2D eigenvalue weighted by molar-refractivity contribution is 6.74. The van der Waals surface area contributed by atoms with Gasteiger partial charge < -0.3 is 9.22 Å². The Bertz CT molecular complexity index is 339. The Morgan fingerprint density at radius 2 is 1.86 bits per heavy atom. The molecule has 0 spiro atoms. The number of carbonyl (C=O) groups is 2. The summed E-state index contributed by atoms with van der Waals surface area (Å²) in [5.41, 5.74) is 0. The molecule has 0 saturated heterocycles. The highest BCUT2D eigenvalue weighted by atomic mass is 28.4. The molecule has 0 radical (unpaired) electrons. The molecule has 0 aromatic rings. The SMILES string of the molecule is CON(C)C(=O)CCC(CCC=O)O[Si](C)(C)C(C)(C)C. The second kappa shape index (κ2) is 8.65. The fourth-order valence-electron chi connectivity index (χ4n) is 1.65. The maximum absolute atomic E-state index is 11.8. The fourth-order valence-corrected chi connectivity index (χ4v) is 3.08. The van der Waals surface area contributed by atoms with E-state index in [4.69, 9.17) is 9.26 Å². The van der Waals surface area contributed by atoms with E-state index in [1.54, 1.807) is 7.05 Å². The van der Waals surface area contributed by atoms with Crippen molar-refractivity contribution in [2.24, 2.45) is 0 Å². The van der Waals surface area contributed by atoms with Gasteiger partial charge in [0.15, 0.2) is 8.32 Å². The normalized spacial score (nSPS) is 13.9. The zero-order valence-corrected chi connectivity index (χ0v) is 15.6. The molecule has 1 amide bonds. The summed E-state index contributed by atoms with van der Waals surface area (Å²) in [4.78, 5) is 27.3. The van der Waals surface area contributed by atoms with Crippen LogP contribution >= 0.6 is 0 Å². The molecule has 21 heavy (non-hydrogen) atoms. The summed E-state index contributed by atoms with van der Waals surface area (Å²) in [5.74, 6) is -0.0764. The molecule has 6 heteroatoms. The summed E-state index contributed by atoms with van der Waals surface area (Å²) < 4.78 is 6.34. The Balaban J connectivity index is 4.66. The second-order valence-electron chi connectivity index (χ2n) is 6.86. The third-order valence-corrected chi connectivity index (χ3v) is 8.71. The Morgan fingerprint density at radius 3 is 2.29 bits per heavy atom. The average Bonchev–Trinajstić information content (AvgIpc) is 2.38. The van der Waals surface area contributed by atoms with Gasteiger partial charge in [0.05, 0.1) is 7.11 Å². The van der Waals surface area contributed by atoms with Gasteiger partial charge in [-0.3, -0.25) is 9.63 Å². The van der Waals surface area contributed by atoms with E-state index in [1.165, 1.54) is 12.2 Å². The first-order chi connectivity index (χ1) is 9.55. The van der Waals surface area contributed by atoms with Crippen LogP contribution in [0.25, 0.3) is 0 Å². The molecule has 0 fully saturated rings. The molecule has 0 aliphatic rings. The summed E-state index contributed by atoms with van der Waals surface area (Å²) in [6, 6.07) is 0. The summed E-state index contributed by atoms with van der Waals surface area (Å²) in [6.45, 7) is 10.9. The van der Waals surface area contributed by atoms with Crippen molar-refractivity contribution in [1.29, 1.82) is 0 Å². The third-order valence-electron chi connectivity index (χ3n) is 4.18. The quantitative estimate of drug-likeness (QED) is 0.372. The number of hydroxylamine groups is 2. The van der Waals surface area contributed by atoms with Crippen LogP contribution in [0.15, 0.2) is 0 Å². The van der Waals surface area contributed by atoms with Crippen LogP contribution in [-0.4, -0.2) is 45.8 Å². The maximum atomic E-state index is 11.8. The highest BCUT2D eigenvalue weighted by Gasteiger charge is 2.39. The van der Waals surface area contributed by atoms with Gasteiger partial charge in [0, 0.05) is 26.0 Å². The van der Waals surface area contributed by atoms with Gasteiger partial charge >= 0.3 is 0 Å². The van der Waals surface area contributed by atoms with Crippen molar-refractivity contribution >= 4 is 20.5 Å². The average molecular weight is 318 g/mol. The monoisotopic (exact) mass is 317 g/mol. The first-order valence-electron chi connectivity index (χ1n) is 7.47. The minimum atomic E-state index is -1.90. The van der Waals surface area contributed by atoms with Gasteiger partial charge in [-0.15, -0.1) is 0 Å². The minimum Gasteiger partial charge on any atom is -0.414 e. The molecular weight excluding hydrogens is 286 g/mol. The minimum absolute atomic E-state index is 0.0507. The van der Waals surface area contributed by atoms with Crippen LogP contribution in [0.2, 0.25) is 18.1 Å². The molecular formula is C15H31NO4Si. The molecule has 1 atom stereocenters. The lowest BCUT2D eigenvalue weighted by atomic mass is 10.1. The van der Waals surface area contributed by atoms with Crippen molar-refractivity contribution in [1.82, 2.24) is 5.06 Å². The number of carbonyl (C=O) groups excluding carboxylic acids is 2. The van der Waals surface area contributed by atoms with E-state index in [1.807, 2.05) is 0 Å². The zero-order chi connectivity index (χ0) is 16.7. The zero-order valence-electron chi connectivity index (χ0n) is 14.6. The van der Waals surface area contributed by atoms with Crippen molar-refractivity contribution in [3.8, 4) is 0 Å². The van der Waals surface area contributed by atoms with E-state index in [-0.39, 0.29) is 17.0 Å². The largest absolute Gasteiger partial charge is 0.414 e. The first kappa shape index (κ1) is 20.3.